The fraction of sp³-hybridized carbons (Fsp3) is 0.611. The molecule has 130 valence electrons. The van der Waals surface area contributed by atoms with Crippen molar-refractivity contribution < 1.29 is 4.79 Å². The monoisotopic (exact) mass is 363 g/mol. The normalized spacial score (nSPS) is 24.2. The van der Waals surface area contributed by atoms with E-state index in [1.165, 1.54) is 29.5 Å². The SMILES string of the molecule is CCc1cc2c(SCC(=O)NC3CCCC(C)C3C)ncnc2s1. The summed E-state index contributed by atoms with van der Waals surface area (Å²) < 4.78 is 0. The van der Waals surface area contributed by atoms with Crippen LogP contribution in [-0.4, -0.2) is 27.7 Å². The summed E-state index contributed by atoms with van der Waals surface area (Å²) in [6, 6.07) is 2.48. The van der Waals surface area contributed by atoms with E-state index in [1.54, 1.807) is 17.7 Å². The molecule has 1 N–H and O–H groups in total. The van der Waals surface area contributed by atoms with Gasteiger partial charge in [-0.25, -0.2) is 9.97 Å². The lowest BCUT2D eigenvalue weighted by atomic mass is 9.78. The molecule has 1 fully saturated rings. The average Bonchev–Trinajstić information content (AvgIpc) is 3.01. The molecule has 0 bridgehead atoms. The Kier molecular flexibility index (Phi) is 5.76. The van der Waals surface area contributed by atoms with E-state index in [0.717, 1.165) is 28.1 Å². The summed E-state index contributed by atoms with van der Waals surface area (Å²) in [7, 11) is 0. The molecule has 3 rings (SSSR count). The van der Waals surface area contributed by atoms with Crippen LogP contribution in [0.15, 0.2) is 17.4 Å². The molecule has 24 heavy (non-hydrogen) atoms. The van der Waals surface area contributed by atoms with Gasteiger partial charge >= 0.3 is 0 Å². The highest BCUT2D eigenvalue weighted by Crippen LogP contribution is 2.32. The molecule has 0 aliphatic heterocycles. The first-order valence-electron chi connectivity index (χ1n) is 8.74. The Bertz CT molecular complexity index is 715. The molecule has 3 atom stereocenters. The van der Waals surface area contributed by atoms with Crippen molar-refractivity contribution in [3.63, 3.8) is 0 Å². The van der Waals surface area contributed by atoms with E-state index < -0.39 is 0 Å². The Morgan fingerprint density at radius 3 is 3.00 bits per heavy atom. The summed E-state index contributed by atoms with van der Waals surface area (Å²) in [5, 5.41) is 5.23. The van der Waals surface area contributed by atoms with Crippen molar-refractivity contribution in [3.8, 4) is 0 Å². The predicted octanol–water partition coefficient (Wildman–Crippen LogP) is 4.29. The standard InChI is InChI=1S/C18H25N3OS2/c1-4-13-8-14-17(19-10-20-18(14)24-13)23-9-16(22)21-15-7-5-6-11(2)12(15)3/h8,10-12,15H,4-7,9H2,1-3H3,(H,21,22). The van der Waals surface area contributed by atoms with E-state index in [1.807, 2.05) is 0 Å². The van der Waals surface area contributed by atoms with Gasteiger partial charge in [0.25, 0.3) is 0 Å². The van der Waals surface area contributed by atoms with Crippen LogP contribution < -0.4 is 5.32 Å². The molecule has 2 heterocycles. The number of carbonyl (C=O) groups excluding carboxylic acids is 1. The van der Waals surface area contributed by atoms with Gasteiger partial charge in [0.05, 0.1) is 5.75 Å². The van der Waals surface area contributed by atoms with Gasteiger partial charge in [-0.1, -0.05) is 45.4 Å². The lowest BCUT2D eigenvalue weighted by Gasteiger charge is -2.34. The van der Waals surface area contributed by atoms with Crippen LogP contribution in [0.25, 0.3) is 10.2 Å². The maximum Gasteiger partial charge on any atom is 0.230 e. The summed E-state index contributed by atoms with van der Waals surface area (Å²) in [6.07, 6.45) is 6.20. The molecule has 0 saturated heterocycles. The third kappa shape index (κ3) is 3.91. The molecule has 0 radical (unpaired) electrons. The fourth-order valence-corrected chi connectivity index (χ4v) is 5.12. The van der Waals surface area contributed by atoms with Crippen molar-refractivity contribution in [2.24, 2.45) is 11.8 Å². The summed E-state index contributed by atoms with van der Waals surface area (Å²) in [4.78, 5) is 23.4. The highest BCUT2D eigenvalue weighted by Gasteiger charge is 2.28. The molecule has 1 aliphatic carbocycles. The van der Waals surface area contributed by atoms with Crippen molar-refractivity contribution >= 4 is 39.2 Å². The maximum atomic E-state index is 12.4. The van der Waals surface area contributed by atoms with E-state index in [9.17, 15) is 4.79 Å². The zero-order valence-corrected chi connectivity index (χ0v) is 16.2. The third-order valence-electron chi connectivity index (χ3n) is 5.09. The van der Waals surface area contributed by atoms with Crippen molar-refractivity contribution in [2.45, 2.75) is 57.5 Å². The Balaban J connectivity index is 1.61. The second kappa shape index (κ2) is 7.83. The summed E-state index contributed by atoms with van der Waals surface area (Å²) in [6.45, 7) is 6.69. The first-order chi connectivity index (χ1) is 11.6. The van der Waals surface area contributed by atoms with Gasteiger partial charge in [-0.3, -0.25) is 4.79 Å². The average molecular weight is 364 g/mol. The van der Waals surface area contributed by atoms with Gasteiger partial charge in [0.2, 0.25) is 5.91 Å². The highest BCUT2D eigenvalue weighted by molar-refractivity contribution is 8.00. The van der Waals surface area contributed by atoms with Crippen LogP contribution in [0.5, 0.6) is 0 Å². The van der Waals surface area contributed by atoms with E-state index in [4.69, 9.17) is 0 Å². The molecule has 2 aromatic heterocycles. The zero-order chi connectivity index (χ0) is 17.1. The van der Waals surface area contributed by atoms with Crippen LogP contribution in [-0.2, 0) is 11.2 Å². The Morgan fingerprint density at radius 2 is 2.21 bits per heavy atom. The number of nitrogens with zero attached hydrogens (tertiary/aromatic N) is 2. The number of rotatable bonds is 5. The smallest absolute Gasteiger partial charge is 0.230 e. The third-order valence-corrected chi connectivity index (χ3v) is 7.28. The molecule has 1 aliphatic rings. The molecule has 0 spiro atoms. The second-order valence-corrected chi connectivity index (χ2v) is 8.77. The molecule has 6 heteroatoms. The van der Waals surface area contributed by atoms with Gasteiger partial charge in [-0.05, 0) is 30.7 Å². The van der Waals surface area contributed by atoms with Gasteiger partial charge in [0, 0.05) is 16.3 Å². The van der Waals surface area contributed by atoms with Crippen LogP contribution >= 0.6 is 23.1 Å². The zero-order valence-electron chi connectivity index (χ0n) is 14.5. The van der Waals surface area contributed by atoms with Crippen LogP contribution in [0.4, 0.5) is 0 Å². The quantitative estimate of drug-likeness (QED) is 0.636. The van der Waals surface area contributed by atoms with E-state index in [0.29, 0.717) is 23.6 Å². The molecular weight excluding hydrogens is 338 g/mol. The van der Waals surface area contributed by atoms with E-state index in [-0.39, 0.29) is 5.91 Å². The number of hydrogen-bond donors (Lipinski definition) is 1. The second-order valence-electron chi connectivity index (χ2n) is 6.69. The predicted molar refractivity (Wildman–Crippen MR) is 102 cm³/mol. The number of hydrogen-bond acceptors (Lipinski definition) is 5. The van der Waals surface area contributed by atoms with E-state index in [2.05, 4.69) is 42.1 Å². The molecule has 4 nitrogen and oxygen atoms in total. The Labute approximate surface area is 151 Å². The first-order valence-corrected chi connectivity index (χ1v) is 10.5. The van der Waals surface area contributed by atoms with Gasteiger partial charge in [0.15, 0.2) is 0 Å². The molecular formula is C18H25N3OS2. The van der Waals surface area contributed by atoms with Crippen LogP contribution in [0.2, 0.25) is 0 Å². The van der Waals surface area contributed by atoms with Crippen molar-refractivity contribution in [1.82, 2.24) is 15.3 Å². The van der Waals surface area contributed by atoms with Crippen LogP contribution in [0.1, 0.15) is 44.9 Å². The largest absolute Gasteiger partial charge is 0.352 e. The van der Waals surface area contributed by atoms with Crippen molar-refractivity contribution in [2.75, 3.05) is 5.75 Å². The van der Waals surface area contributed by atoms with Gasteiger partial charge in [-0.15, -0.1) is 11.3 Å². The Hall–Kier alpha value is -1.14. The lowest BCUT2D eigenvalue weighted by molar-refractivity contribution is -0.119. The number of aromatic nitrogens is 2. The van der Waals surface area contributed by atoms with E-state index >= 15 is 0 Å². The number of amides is 1. The van der Waals surface area contributed by atoms with Gasteiger partial charge < -0.3 is 5.32 Å². The first kappa shape index (κ1) is 17.7. The topological polar surface area (TPSA) is 54.9 Å². The fourth-order valence-electron chi connectivity index (χ4n) is 3.34. The minimum Gasteiger partial charge on any atom is -0.352 e. The van der Waals surface area contributed by atoms with Gasteiger partial charge in [0.1, 0.15) is 16.2 Å². The Morgan fingerprint density at radius 1 is 1.38 bits per heavy atom. The number of aryl methyl sites for hydroxylation is 1. The number of fused-ring (bicyclic) bond motifs is 1. The molecule has 3 unspecified atom stereocenters. The summed E-state index contributed by atoms with van der Waals surface area (Å²) in [5.41, 5.74) is 0. The minimum absolute atomic E-state index is 0.114. The van der Waals surface area contributed by atoms with Crippen molar-refractivity contribution in [3.05, 3.63) is 17.3 Å². The summed E-state index contributed by atoms with van der Waals surface area (Å²) >= 11 is 3.23. The lowest BCUT2D eigenvalue weighted by Crippen LogP contribution is -2.44. The summed E-state index contributed by atoms with van der Waals surface area (Å²) in [5.74, 6) is 1.78. The molecule has 2 aromatic rings. The number of thiophene rings is 1. The van der Waals surface area contributed by atoms with Gasteiger partial charge in [-0.2, -0.15) is 0 Å². The number of carbonyl (C=O) groups is 1. The molecule has 1 amide bonds. The minimum atomic E-state index is 0.114. The van der Waals surface area contributed by atoms with Crippen LogP contribution in [0, 0.1) is 11.8 Å². The number of thioether (sulfide) groups is 1. The maximum absolute atomic E-state index is 12.4. The highest BCUT2D eigenvalue weighted by atomic mass is 32.2. The van der Waals surface area contributed by atoms with Crippen LogP contribution in [0.3, 0.4) is 0 Å². The molecule has 1 saturated carbocycles. The molecule has 0 aromatic carbocycles. The number of nitrogens with one attached hydrogen (secondary N) is 1. The van der Waals surface area contributed by atoms with Crippen molar-refractivity contribution in [1.29, 1.82) is 0 Å².